The number of ketones is 1. The Balaban J connectivity index is 1.93. The van der Waals surface area contributed by atoms with E-state index in [0.29, 0.717) is 6.54 Å². The molecule has 92 valence electrons. The van der Waals surface area contributed by atoms with Gasteiger partial charge in [-0.15, -0.1) is 0 Å². The van der Waals surface area contributed by atoms with Crippen molar-refractivity contribution in [3.05, 3.63) is 66.2 Å². The van der Waals surface area contributed by atoms with Crippen LogP contribution in [0.25, 0.3) is 0 Å². The quantitative estimate of drug-likeness (QED) is 0.807. The number of hydrogen-bond donors (Lipinski definition) is 1. The van der Waals surface area contributed by atoms with Gasteiger partial charge < -0.3 is 5.32 Å². The Bertz CT molecular complexity index is 493. The van der Waals surface area contributed by atoms with Gasteiger partial charge in [-0.25, -0.2) is 0 Å². The summed E-state index contributed by atoms with van der Waals surface area (Å²) >= 11 is 0. The Morgan fingerprint density at radius 2 is 1.56 bits per heavy atom. The molecule has 0 amide bonds. The lowest BCUT2D eigenvalue weighted by atomic mass is 9.99. The summed E-state index contributed by atoms with van der Waals surface area (Å²) in [6.45, 7) is 2.60. The summed E-state index contributed by atoms with van der Waals surface area (Å²) in [5, 5.41) is 3.27. The maximum atomic E-state index is 12.1. The molecule has 0 saturated carbocycles. The summed E-state index contributed by atoms with van der Waals surface area (Å²) in [7, 11) is 0. The molecule has 0 radical (unpaired) electrons. The molecule has 0 heterocycles. The summed E-state index contributed by atoms with van der Waals surface area (Å²) in [5.41, 5.74) is 1.82. The fraction of sp³-hybridized carbons (Fsp3) is 0.188. The lowest BCUT2D eigenvalue weighted by molar-refractivity contribution is 0.0936. The highest BCUT2D eigenvalue weighted by molar-refractivity contribution is 5.97. The smallest absolute Gasteiger partial charge is 0.167 e. The lowest BCUT2D eigenvalue weighted by Crippen LogP contribution is -2.20. The molecule has 2 heteroatoms. The number of carbonyl (C=O) groups is 1. The number of nitrogens with one attached hydrogen (secondary N) is 1. The SMILES string of the molecule is CC(CNc1ccccc1)C(=O)c1ccccc1. The average molecular weight is 239 g/mol. The highest BCUT2D eigenvalue weighted by Crippen LogP contribution is 2.11. The van der Waals surface area contributed by atoms with E-state index in [1.807, 2.05) is 67.6 Å². The van der Waals surface area contributed by atoms with Gasteiger partial charge in [0, 0.05) is 23.7 Å². The normalized spacial score (nSPS) is 11.8. The maximum absolute atomic E-state index is 12.1. The van der Waals surface area contributed by atoms with Crippen LogP contribution in [0.4, 0.5) is 5.69 Å². The van der Waals surface area contributed by atoms with Crippen LogP contribution in [0, 0.1) is 5.92 Å². The van der Waals surface area contributed by atoms with Crippen molar-refractivity contribution in [2.45, 2.75) is 6.92 Å². The fourth-order valence-corrected chi connectivity index (χ4v) is 1.81. The molecule has 1 atom stereocenters. The predicted molar refractivity (Wildman–Crippen MR) is 74.9 cm³/mol. The topological polar surface area (TPSA) is 29.1 Å². The Morgan fingerprint density at radius 1 is 1.00 bits per heavy atom. The van der Waals surface area contributed by atoms with Crippen molar-refractivity contribution in [2.24, 2.45) is 5.92 Å². The van der Waals surface area contributed by atoms with Crippen molar-refractivity contribution in [3.63, 3.8) is 0 Å². The van der Waals surface area contributed by atoms with Crippen LogP contribution >= 0.6 is 0 Å². The second-order valence-corrected chi connectivity index (χ2v) is 4.38. The van der Waals surface area contributed by atoms with E-state index in [4.69, 9.17) is 0 Å². The molecule has 2 aromatic carbocycles. The fourth-order valence-electron chi connectivity index (χ4n) is 1.81. The number of rotatable bonds is 5. The third-order valence-electron chi connectivity index (χ3n) is 2.89. The van der Waals surface area contributed by atoms with Crippen molar-refractivity contribution in [2.75, 3.05) is 11.9 Å². The summed E-state index contributed by atoms with van der Waals surface area (Å²) in [5.74, 6) is 0.145. The molecule has 0 bridgehead atoms. The van der Waals surface area contributed by atoms with Crippen LogP contribution in [0.1, 0.15) is 17.3 Å². The van der Waals surface area contributed by atoms with Crippen LogP contribution in [0.5, 0.6) is 0 Å². The van der Waals surface area contributed by atoms with Crippen molar-refractivity contribution in [1.82, 2.24) is 0 Å². The van der Waals surface area contributed by atoms with Gasteiger partial charge in [0.1, 0.15) is 0 Å². The maximum Gasteiger partial charge on any atom is 0.167 e. The van der Waals surface area contributed by atoms with Crippen molar-refractivity contribution in [1.29, 1.82) is 0 Å². The van der Waals surface area contributed by atoms with E-state index in [1.54, 1.807) is 0 Å². The average Bonchev–Trinajstić information content (AvgIpc) is 2.46. The molecule has 0 aliphatic rings. The van der Waals surface area contributed by atoms with Crippen LogP contribution in [0.2, 0.25) is 0 Å². The first-order valence-corrected chi connectivity index (χ1v) is 6.15. The first-order valence-electron chi connectivity index (χ1n) is 6.15. The summed E-state index contributed by atoms with van der Waals surface area (Å²) in [4.78, 5) is 12.1. The molecule has 2 aromatic rings. The van der Waals surface area contributed by atoms with Crippen molar-refractivity contribution in [3.8, 4) is 0 Å². The number of benzene rings is 2. The molecule has 18 heavy (non-hydrogen) atoms. The molecule has 0 aliphatic heterocycles. The molecule has 2 rings (SSSR count). The Kier molecular flexibility index (Phi) is 4.13. The highest BCUT2D eigenvalue weighted by atomic mass is 16.1. The summed E-state index contributed by atoms with van der Waals surface area (Å²) in [6.07, 6.45) is 0. The van der Waals surface area contributed by atoms with Crippen LogP contribution in [0.15, 0.2) is 60.7 Å². The molecule has 0 fully saturated rings. The van der Waals surface area contributed by atoms with Gasteiger partial charge in [0.25, 0.3) is 0 Å². The summed E-state index contributed by atoms with van der Waals surface area (Å²) < 4.78 is 0. The molecule has 1 N–H and O–H groups in total. The van der Waals surface area contributed by atoms with Gasteiger partial charge in [-0.1, -0.05) is 55.5 Å². The second kappa shape index (κ2) is 6.01. The van der Waals surface area contributed by atoms with Crippen LogP contribution in [0.3, 0.4) is 0 Å². The first kappa shape index (κ1) is 12.4. The van der Waals surface area contributed by atoms with Gasteiger partial charge in [0.2, 0.25) is 0 Å². The molecular weight excluding hydrogens is 222 g/mol. The first-order chi connectivity index (χ1) is 8.77. The number of carbonyl (C=O) groups excluding carboxylic acids is 1. The minimum Gasteiger partial charge on any atom is -0.384 e. The lowest BCUT2D eigenvalue weighted by Gasteiger charge is -2.12. The van der Waals surface area contributed by atoms with E-state index in [9.17, 15) is 4.79 Å². The highest BCUT2D eigenvalue weighted by Gasteiger charge is 2.14. The van der Waals surface area contributed by atoms with Crippen molar-refractivity contribution >= 4 is 11.5 Å². The standard InChI is InChI=1S/C16H17NO/c1-13(12-17-15-10-6-3-7-11-15)16(18)14-8-4-2-5-9-14/h2-11,13,17H,12H2,1H3. The number of anilines is 1. The minimum atomic E-state index is -0.0346. The second-order valence-electron chi connectivity index (χ2n) is 4.38. The van der Waals surface area contributed by atoms with E-state index in [0.717, 1.165) is 11.3 Å². The summed E-state index contributed by atoms with van der Waals surface area (Å²) in [6, 6.07) is 19.4. The van der Waals surface area contributed by atoms with E-state index < -0.39 is 0 Å². The molecule has 0 spiro atoms. The van der Waals surface area contributed by atoms with Gasteiger partial charge in [0.05, 0.1) is 0 Å². The van der Waals surface area contributed by atoms with E-state index in [2.05, 4.69) is 5.32 Å². The largest absolute Gasteiger partial charge is 0.384 e. The minimum absolute atomic E-state index is 0.0346. The molecular formula is C16H17NO. The third kappa shape index (κ3) is 3.20. The van der Waals surface area contributed by atoms with E-state index >= 15 is 0 Å². The molecule has 0 aliphatic carbocycles. The predicted octanol–water partition coefficient (Wildman–Crippen LogP) is 3.62. The Morgan fingerprint density at radius 3 is 2.17 bits per heavy atom. The van der Waals surface area contributed by atoms with E-state index in [1.165, 1.54) is 0 Å². The number of Topliss-reactive ketones (excluding diaryl/α,β-unsaturated/α-hetero) is 1. The van der Waals surface area contributed by atoms with Gasteiger partial charge >= 0.3 is 0 Å². The zero-order valence-electron chi connectivity index (χ0n) is 10.5. The zero-order chi connectivity index (χ0) is 12.8. The van der Waals surface area contributed by atoms with Crippen LogP contribution in [-0.4, -0.2) is 12.3 Å². The molecule has 0 aromatic heterocycles. The monoisotopic (exact) mass is 239 g/mol. The van der Waals surface area contributed by atoms with Gasteiger partial charge in [-0.2, -0.15) is 0 Å². The van der Waals surface area contributed by atoms with Gasteiger partial charge in [0.15, 0.2) is 5.78 Å². The van der Waals surface area contributed by atoms with Gasteiger partial charge in [-0.3, -0.25) is 4.79 Å². The molecule has 1 unspecified atom stereocenters. The molecule has 0 saturated heterocycles. The van der Waals surface area contributed by atoms with Gasteiger partial charge in [-0.05, 0) is 12.1 Å². The van der Waals surface area contributed by atoms with E-state index in [-0.39, 0.29) is 11.7 Å². The van der Waals surface area contributed by atoms with Crippen molar-refractivity contribution < 1.29 is 4.79 Å². The Hall–Kier alpha value is -2.09. The zero-order valence-corrected chi connectivity index (χ0v) is 10.5. The third-order valence-corrected chi connectivity index (χ3v) is 2.89. The molecule has 2 nitrogen and oxygen atoms in total. The van der Waals surface area contributed by atoms with Crippen LogP contribution < -0.4 is 5.32 Å². The van der Waals surface area contributed by atoms with Crippen LogP contribution in [-0.2, 0) is 0 Å². The number of hydrogen-bond acceptors (Lipinski definition) is 2. The Labute approximate surface area is 108 Å². The number of para-hydroxylation sites is 1.